The summed E-state index contributed by atoms with van der Waals surface area (Å²) in [7, 11) is 0. The van der Waals surface area contributed by atoms with Gasteiger partial charge >= 0.3 is 0 Å². The van der Waals surface area contributed by atoms with Crippen molar-refractivity contribution >= 4 is 28.8 Å². The van der Waals surface area contributed by atoms with E-state index in [9.17, 15) is 4.79 Å². The van der Waals surface area contributed by atoms with Crippen LogP contribution >= 0.6 is 12.2 Å². The van der Waals surface area contributed by atoms with Crippen LogP contribution in [0, 0.1) is 5.92 Å². The Bertz CT molecular complexity index is 428. The summed E-state index contributed by atoms with van der Waals surface area (Å²) in [5.41, 5.74) is 6.11. The highest BCUT2D eigenvalue weighted by Crippen LogP contribution is 2.17. The van der Waals surface area contributed by atoms with E-state index in [4.69, 9.17) is 22.7 Å². The van der Waals surface area contributed by atoms with Crippen LogP contribution in [-0.4, -0.2) is 17.5 Å². The molecule has 3 N–H and O–H groups in total. The summed E-state index contributed by atoms with van der Waals surface area (Å²) in [6.45, 7) is 4.25. The first-order chi connectivity index (χ1) is 9.06. The predicted molar refractivity (Wildman–Crippen MR) is 81.4 cm³/mol. The zero-order chi connectivity index (χ0) is 14.3. The van der Waals surface area contributed by atoms with Crippen molar-refractivity contribution in [2.45, 2.75) is 26.7 Å². The van der Waals surface area contributed by atoms with Crippen LogP contribution in [0.25, 0.3) is 0 Å². The Kier molecular flexibility index (Phi) is 6.29. The van der Waals surface area contributed by atoms with E-state index in [2.05, 4.69) is 5.32 Å². The fraction of sp³-hybridized carbons (Fsp3) is 0.429. The molecule has 5 heteroatoms. The van der Waals surface area contributed by atoms with Gasteiger partial charge in [-0.1, -0.05) is 26.1 Å². The van der Waals surface area contributed by atoms with Crippen molar-refractivity contribution in [3.05, 3.63) is 24.3 Å². The van der Waals surface area contributed by atoms with Gasteiger partial charge in [-0.15, -0.1) is 0 Å². The average molecular weight is 280 g/mol. The number of rotatable bonds is 7. The van der Waals surface area contributed by atoms with Gasteiger partial charge in [0.1, 0.15) is 17.3 Å². The molecule has 1 aromatic carbocycles. The number of benzene rings is 1. The van der Waals surface area contributed by atoms with Crippen molar-refractivity contribution in [2.24, 2.45) is 11.7 Å². The van der Waals surface area contributed by atoms with E-state index in [0.717, 1.165) is 18.5 Å². The minimum Gasteiger partial charge on any atom is -0.487 e. The van der Waals surface area contributed by atoms with E-state index in [1.807, 2.05) is 13.8 Å². The van der Waals surface area contributed by atoms with Crippen LogP contribution in [0.3, 0.4) is 0 Å². The van der Waals surface area contributed by atoms with Gasteiger partial charge in [0.15, 0.2) is 0 Å². The second kappa shape index (κ2) is 7.74. The predicted octanol–water partition coefficient (Wildman–Crippen LogP) is 2.73. The Morgan fingerprint density at radius 2 is 1.89 bits per heavy atom. The number of hydrogen-bond donors (Lipinski definition) is 2. The first-order valence-corrected chi connectivity index (χ1v) is 6.79. The number of carbonyl (C=O) groups excluding carboxylic acids is 1. The fourth-order valence-electron chi connectivity index (χ4n) is 1.69. The van der Waals surface area contributed by atoms with Crippen molar-refractivity contribution in [3.63, 3.8) is 0 Å². The zero-order valence-corrected chi connectivity index (χ0v) is 12.1. The highest BCUT2D eigenvalue weighted by molar-refractivity contribution is 7.80. The van der Waals surface area contributed by atoms with E-state index in [0.29, 0.717) is 10.7 Å². The molecule has 0 radical (unpaired) electrons. The van der Waals surface area contributed by atoms with Gasteiger partial charge in [-0.25, -0.2) is 0 Å². The Balaban J connectivity index is 2.56. The van der Waals surface area contributed by atoms with E-state index in [1.165, 1.54) is 0 Å². The van der Waals surface area contributed by atoms with Gasteiger partial charge < -0.3 is 15.8 Å². The topological polar surface area (TPSA) is 64.3 Å². The lowest BCUT2D eigenvalue weighted by Gasteiger charge is -2.13. The van der Waals surface area contributed by atoms with Crippen LogP contribution in [0.1, 0.15) is 26.7 Å². The minimum absolute atomic E-state index is 0.0572. The molecule has 4 nitrogen and oxygen atoms in total. The SMILES string of the molecule is CCC(CC)C(=O)Nc1ccc(OCC(N)=S)cc1. The maximum atomic E-state index is 11.9. The molecule has 19 heavy (non-hydrogen) atoms. The number of carbonyl (C=O) groups is 1. The Morgan fingerprint density at radius 1 is 1.32 bits per heavy atom. The van der Waals surface area contributed by atoms with Crippen LogP contribution in [0.15, 0.2) is 24.3 Å². The van der Waals surface area contributed by atoms with Crippen molar-refractivity contribution in [2.75, 3.05) is 11.9 Å². The molecule has 0 fully saturated rings. The van der Waals surface area contributed by atoms with Crippen molar-refractivity contribution in [3.8, 4) is 5.75 Å². The Morgan fingerprint density at radius 3 is 2.37 bits per heavy atom. The molecule has 0 saturated carbocycles. The number of anilines is 1. The van der Waals surface area contributed by atoms with Crippen LogP contribution in [0.5, 0.6) is 5.75 Å². The molecule has 0 spiro atoms. The van der Waals surface area contributed by atoms with E-state index >= 15 is 0 Å². The minimum atomic E-state index is 0.0572. The number of amides is 1. The lowest BCUT2D eigenvalue weighted by Crippen LogP contribution is -2.21. The van der Waals surface area contributed by atoms with Crippen LogP contribution in [0.2, 0.25) is 0 Å². The fourth-order valence-corrected chi connectivity index (χ4v) is 1.75. The summed E-state index contributed by atoms with van der Waals surface area (Å²) < 4.78 is 5.34. The largest absolute Gasteiger partial charge is 0.487 e. The third kappa shape index (κ3) is 5.26. The molecule has 0 bridgehead atoms. The van der Waals surface area contributed by atoms with Crippen LogP contribution in [-0.2, 0) is 4.79 Å². The lowest BCUT2D eigenvalue weighted by molar-refractivity contribution is -0.120. The molecular weight excluding hydrogens is 260 g/mol. The first-order valence-electron chi connectivity index (χ1n) is 6.38. The highest BCUT2D eigenvalue weighted by atomic mass is 32.1. The molecule has 1 aromatic rings. The third-order valence-corrected chi connectivity index (χ3v) is 2.98. The molecule has 104 valence electrons. The highest BCUT2D eigenvalue weighted by Gasteiger charge is 2.13. The summed E-state index contributed by atoms with van der Waals surface area (Å²) in [5.74, 6) is 0.792. The zero-order valence-electron chi connectivity index (χ0n) is 11.3. The average Bonchev–Trinajstić information content (AvgIpc) is 2.39. The smallest absolute Gasteiger partial charge is 0.227 e. The summed E-state index contributed by atoms with van der Waals surface area (Å²) in [6.07, 6.45) is 1.69. The van der Waals surface area contributed by atoms with Crippen molar-refractivity contribution in [1.29, 1.82) is 0 Å². The molecule has 1 amide bonds. The number of ether oxygens (including phenoxy) is 1. The van der Waals surface area contributed by atoms with Gasteiger partial charge in [-0.2, -0.15) is 0 Å². The van der Waals surface area contributed by atoms with E-state index in [-0.39, 0.29) is 18.4 Å². The first kappa shape index (κ1) is 15.4. The molecule has 0 aromatic heterocycles. The number of nitrogens with two attached hydrogens (primary N) is 1. The normalized spacial score (nSPS) is 10.3. The molecule has 1 rings (SSSR count). The molecular formula is C14H20N2O2S. The lowest BCUT2D eigenvalue weighted by atomic mass is 10.0. The summed E-state index contributed by atoms with van der Waals surface area (Å²) in [6, 6.07) is 7.16. The molecule has 0 aliphatic heterocycles. The molecule has 0 aliphatic carbocycles. The van der Waals surface area contributed by atoms with Gasteiger partial charge in [0.25, 0.3) is 0 Å². The van der Waals surface area contributed by atoms with Crippen molar-refractivity contribution in [1.82, 2.24) is 0 Å². The third-order valence-electron chi connectivity index (χ3n) is 2.86. The second-order valence-corrected chi connectivity index (χ2v) is 4.81. The standard InChI is InChI=1S/C14H20N2O2S/c1-3-10(4-2)14(17)16-11-5-7-12(8-6-11)18-9-13(15)19/h5-8,10H,3-4,9H2,1-2H3,(H2,15,19)(H,16,17). The Hall–Kier alpha value is -1.62. The van der Waals surface area contributed by atoms with E-state index in [1.54, 1.807) is 24.3 Å². The van der Waals surface area contributed by atoms with E-state index < -0.39 is 0 Å². The van der Waals surface area contributed by atoms with Gasteiger partial charge in [0.05, 0.1) is 0 Å². The number of thiocarbonyl (C=S) groups is 1. The maximum Gasteiger partial charge on any atom is 0.227 e. The van der Waals surface area contributed by atoms with Crippen molar-refractivity contribution < 1.29 is 9.53 Å². The van der Waals surface area contributed by atoms with Gasteiger partial charge in [0.2, 0.25) is 5.91 Å². The Labute approximate surface area is 119 Å². The van der Waals surface area contributed by atoms with Gasteiger partial charge in [-0.05, 0) is 37.1 Å². The molecule has 0 saturated heterocycles. The van der Waals surface area contributed by atoms with Crippen LogP contribution < -0.4 is 15.8 Å². The molecule has 0 unspecified atom stereocenters. The molecule has 0 atom stereocenters. The number of nitrogens with one attached hydrogen (secondary N) is 1. The van der Waals surface area contributed by atoms with Crippen LogP contribution in [0.4, 0.5) is 5.69 Å². The summed E-state index contributed by atoms with van der Waals surface area (Å²) in [4.78, 5) is 12.2. The quantitative estimate of drug-likeness (QED) is 0.754. The molecule has 0 heterocycles. The molecule has 0 aliphatic rings. The monoisotopic (exact) mass is 280 g/mol. The summed E-state index contributed by atoms with van der Waals surface area (Å²) >= 11 is 4.73. The van der Waals surface area contributed by atoms with Gasteiger partial charge in [-0.3, -0.25) is 4.79 Å². The summed E-state index contributed by atoms with van der Waals surface area (Å²) in [5, 5.41) is 2.89. The number of hydrogen-bond acceptors (Lipinski definition) is 3. The maximum absolute atomic E-state index is 11.9. The van der Waals surface area contributed by atoms with Gasteiger partial charge in [0, 0.05) is 11.6 Å². The second-order valence-electron chi connectivity index (χ2n) is 4.28.